The van der Waals surface area contributed by atoms with Gasteiger partial charge in [0, 0.05) is 24.3 Å². The van der Waals surface area contributed by atoms with Gasteiger partial charge in [0.05, 0.1) is 0 Å². The Hall–Kier alpha value is -2.15. The second kappa shape index (κ2) is 6.33. The summed E-state index contributed by atoms with van der Waals surface area (Å²) in [7, 11) is 2.06. The zero-order valence-corrected chi connectivity index (χ0v) is 11.4. The first-order valence-corrected chi connectivity index (χ1v) is 6.54. The van der Waals surface area contributed by atoms with Gasteiger partial charge in [0.1, 0.15) is 5.69 Å². The number of amides is 1. The molecule has 2 rings (SSSR count). The van der Waals surface area contributed by atoms with Crippen molar-refractivity contribution in [1.82, 2.24) is 15.2 Å². The molecule has 7 heteroatoms. The van der Waals surface area contributed by atoms with E-state index in [1.54, 1.807) is 12.1 Å². The number of hydrogen-bond acceptors (Lipinski definition) is 5. The molecular weight excluding hydrogens is 258 g/mol. The van der Waals surface area contributed by atoms with Gasteiger partial charge in [-0.25, -0.2) is 0 Å². The molecule has 1 atom stereocenters. The lowest BCUT2D eigenvalue weighted by molar-refractivity contribution is 0.0938. The van der Waals surface area contributed by atoms with Gasteiger partial charge in [-0.2, -0.15) is 0 Å². The second-order valence-corrected chi connectivity index (χ2v) is 4.90. The standard InChI is InChI=1S/C13H19N5O2/c1-18-6-2-3-10(18)8-16-13(19)11-5-4-9(7-15-11)12(14)17-20/h4-5,7,10,20H,2-3,6,8H2,1H3,(H2,14,17)(H,16,19). The number of likely N-dealkylation sites (N-methyl/N-ethyl adjacent to an activating group) is 1. The summed E-state index contributed by atoms with van der Waals surface area (Å²) < 4.78 is 0. The molecule has 1 aromatic rings. The van der Waals surface area contributed by atoms with Crippen LogP contribution in [0.4, 0.5) is 0 Å². The molecule has 0 aliphatic carbocycles. The van der Waals surface area contributed by atoms with Gasteiger partial charge in [-0.15, -0.1) is 0 Å². The van der Waals surface area contributed by atoms with Crippen LogP contribution in [0.5, 0.6) is 0 Å². The van der Waals surface area contributed by atoms with E-state index in [1.807, 2.05) is 0 Å². The second-order valence-electron chi connectivity index (χ2n) is 4.90. The highest BCUT2D eigenvalue weighted by Crippen LogP contribution is 2.13. The van der Waals surface area contributed by atoms with Crippen LogP contribution in [-0.4, -0.2) is 53.0 Å². The van der Waals surface area contributed by atoms with Gasteiger partial charge in [-0.3, -0.25) is 9.78 Å². The normalized spacial score (nSPS) is 20.1. The zero-order chi connectivity index (χ0) is 14.5. The number of nitrogens with one attached hydrogen (secondary N) is 1. The van der Waals surface area contributed by atoms with Crippen molar-refractivity contribution in [3.63, 3.8) is 0 Å². The largest absolute Gasteiger partial charge is 0.409 e. The van der Waals surface area contributed by atoms with Crippen LogP contribution in [0.3, 0.4) is 0 Å². The molecule has 1 fully saturated rings. The Morgan fingerprint density at radius 1 is 1.65 bits per heavy atom. The fourth-order valence-corrected chi connectivity index (χ4v) is 2.28. The minimum atomic E-state index is -0.212. The van der Waals surface area contributed by atoms with Crippen molar-refractivity contribution in [1.29, 1.82) is 0 Å². The van der Waals surface area contributed by atoms with Crippen molar-refractivity contribution in [3.05, 3.63) is 29.6 Å². The van der Waals surface area contributed by atoms with Gasteiger partial charge in [0.25, 0.3) is 5.91 Å². The zero-order valence-electron chi connectivity index (χ0n) is 11.4. The molecule has 0 spiro atoms. The molecule has 0 bridgehead atoms. The van der Waals surface area contributed by atoms with E-state index in [2.05, 4.69) is 27.4 Å². The summed E-state index contributed by atoms with van der Waals surface area (Å²) in [4.78, 5) is 18.2. The third-order valence-electron chi connectivity index (χ3n) is 3.57. The van der Waals surface area contributed by atoms with E-state index < -0.39 is 0 Å². The highest BCUT2D eigenvalue weighted by molar-refractivity contribution is 5.98. The maximum atomic E-state index is 12.0. The van der Waals surface area contributed by atoms with Crippen LogP contribution in [0.15, 0.2) is 23.5 Å². The Labute approximate surface area is 117 Å². The summed E-state index contributed by atoms with van der Waals surface area (Å²) in [5.41, 5.74) is 6.22. The molecule has 1 unspecified atom stereocenters. The number of nitrogens with two attached hydrogens (primary N) is 1. The third-order valence-corrected chi connectivity index (χ3v) is 3.57. The van der Waals surface area contributed by atoms with E-state index in [9.17, 15) is 4.79 Å². The van der Waals surface area contributed by atoms with E-state index in [0.29, 0.717) is 23.8 Å². The van der Waals surface area contributed by atoms with Crippen molar-refractivity contribution in [2.24, 2.45) is 10.9 Å². The fraction of sp³-hybridized carbons (Fsp3) is 0.462. The maximum absolute atomic E-state index is 12.0. The monoisotopic (exact) mass is 277 g/mol. The van der Waals surface area contributed by atoms with Crippen LogP contribution in [0.2, 0.25) is 0 Å². The number of oxime groups is 1. The van der Waals surface area contributed by atoms with Crippen LogP contribution in [0, 0.1) is 0 Å². The first-order valence-electron chi connectivity index (χ1n) is 6.54. The number of likely N-dealkylation sites (tertiary alicyclic amines) is 1. The topological polar surface area (TPSA) is 104 Å². The quantitative estimate of drug-likeness (QED) is 0.311. The van der Waals surface area contributed by atoms with Gasteiger partial charge < -0.3 is 21.2 Å². The molecule has 0 saturated carbocycles. The van der Waals surface area contributed by atoms with Crippen molar-refractivity contribution in [2.75, 3.05) is 20.1 Å². The molecule has 2 heterocycles. The highest BCUT2D eigenvalue weighted by Gasteiger charge is 2.21. The van der Waals surface area contributed by atoms with Crippen molar-refractivity contribution in [2.45, 2.75) is 18.9 Å². The van der Waals surface area contributed by atoms with Crippen molar-refractivity contribution < 1.29 is 10.0 Å². The average molecular weight is 277 g/mol. The van der Waals surface area contributed by atoms with Gasteiger partial charge in [0.2, 0.25) is 0 Å². The summed E-state index contributed by atoms with van der Waals surface area (Å²) in [5, 5.41) is 14.3. The lowest BCUT2D eigenvalue weighted by Gasteiger charge is -2.19. The molecule has 1 aliphatic heterocycles. The van der Waals surface area contributed by atoms with Gasteiger partial charge in [0.15, 0.2) is 5.84 Å². The lowest BCUT2D eigenvalue weighted by atomic mass is 10.2. The van der Waals surface area contributed by atoms with E-state index in [-0.39, 0.29) is 11.7 Å². The number of amidine groups is 1. The van der Waals surface area contributed by atoms with Crippen molar-refractivity contribution in [3.8, 4) is 0 Å². The number of pyridine rings is 1. The van der Waals surface area contributed by atoms with Crippen LogP contribution < -0.4 is 11.1 Å². The number of hydrogen-bond donors (Lipinski definition) is 3. The van der Waals surface area contributed by atoms with Crippen LogP contribution in [-0.2, 0) is 0 Å². The lowest BCUT2D eigenvalue weighted by Crippen LogP contribution is -2.38. The van der Waals surface area contributed by atoms with Crippen LogP contribution in [0.1, 0.15) is 28.9 Å². The van der Waals surface area contributed by atoms with E-state index in [4.69, 9.17) is 10.9 Å². The molecule has 108 valence electrons. The summed E-state index contributed by atoms with van der Waals surface area (Å²) in [5.74, 6) is -0.242. The fourth-order valence-electron chi connectivity index (χ4n) is 2.28. The third kappa shape index (κ3) is 3.24. The molecule has 20 heavy (non-hydrogen) atoms. The minimum Gasteiger partial charge on any atom is -0.409 e. The minimum absolute atomic E-state index is 0.0305. The van der Waals surface area contributed by atoms with Crippen LogP contribution >= 0.6 is 0 Å². The highest BCUT2D eigenvalue weighted by atomic mass is 16.4. The van der Waals surface area contributed by atoms with Crippen LogP contribution in [0.25, 0.3) is 0 Å². The number of nitrogens with zero attached hydrogens (tertiary/aromatic N) is 3. The smallest absolute Gasteiger partial charge is 0.269 e. The molecule has 0 aromatic carbocycles. The number of aromatic nitrogens is 1. The molecule has 0 radical (unpaired) electrons. The molecule has 7 nitrogen and oxygen atoms in total. The summed E-state index contributed by atoms with van der Waals surface area (Å²) in [6.07, 6.45) is 3.68. The van der Waals surface area contributed by atoms with Gasteiger partial charge in [-0.1, -0.05) is 5.16 Å². The van der Waals surface area contributed by atoms with Gasteiger partial charge >= 0.3 is 0 Å². The molecular formula is C13H19N5O2. The molecule has 1 saturated heterocycles. The summed E-state index contributed by atoms with van der Waals surface area (Å²) in [6, 6.07) is 3.55. The van der Waals surface area contributed by atoms with Gasteiger partial charge in [-0.05, 0) is 38.6 Å². The summed E-state index contributed by atoms with van der Waals surface area (Å²) >= 11 is 0. The Morgan fingerprint density at radius 3 is 3.00 bits per heavy atom. The molecule has 4 N–H and O–H groups in total. The first-order chi connectivity index (χ1) is 9.61. The SMILES string of the molecule is CN1CCCC1CNC(=O)c1ccc(/C(N)=N/O)cn1. The van der Waals surface area contributed by atoms with Crippen molar-refractivity contribution >= 4 is 11.7 Å². The van der Waals surface area contributed by atoms with E-state index in [0.717, 1.165) is 13.0 Å². The predicted molar refractivity (Wildman–Crippen MR) is 74.7 cm³/mol. The Kier molecular flexibility index (Phi) is 4.52. The Bertz CT molecular complexity index is 500. The van der Waals surface area contributed by atoms with E-state index >= 15 is 0 Å². The molecule has 1 amide bonds. The molecule has 1 aromatic heterocycles. The maximum Gasteiger partial charge on any atom is 0.269 e. The first kappa shape index (κ1) is 14.3. The number of rotatable bonds is 4. The average Bonchev–Trinajstić information content (AvgIpc) is 2.89. The predicted octanol–water partition coefficient (Wildman–Crippen LogP) is 0.000100. The Morgan fingerprint density at radius 2 is 2.45 bits per heavy atom. The number of carbonyl (C=O) groups excluding carboxylic acids is 1. The van der Waals surface area contributed by atoms with E-state index in [1.165, 1.54) is 12.6 Å². The Balaban J connectivity index is 1.92. The number of carbonyl (C=O) groups is 1. The summed E-state index contributed by atoms with van der Waals surface area (Å²) in [6.45, 7) is 1.70. The molecule has 1 aliphatic rings.